The van der Waals surface area contributed by atoms with Gasteiger partial charge in [0.2, 0.25) is 0 Å². The van der Waals surface area contributed by atoms with Gasteiger partial charge in [0.25, 0.3) is 0 Å². The standard InChI is InChI=1S/C4H8GeO5/c5-4(10,3(8)9)1-2(6)7/h10H,1H2,5H3,(H,6,7)(H,8,9)/t4-/m1/s1. The summed E-state index contributed by atoms with van der Waals surface area (Å²) < 4.78 is -1.97. The van der Waals surface area contributed by atoms with Gasteiger partial charge in [0, 0.05) is 0 Å². The normalized spacial score (nSPS) is 16.1. The van der Waals surface area contributed by atoms with E-state index in [0.717, 1.165) is 0 Å². The fraction of sp³-hybridized carbons (Fsp3) is 0.500. The molecule has 0 aromatic rings. The molecule has 0 amide bonds. The van der Waals surface area contributed by atoms with Crippen LogP contribution >= 0.6 is 0 Å². The van der Waals surface area contributed by atoms with Crippen molar-refractivity contribution >= 4 is 28.5 Å². The second-order valence-corrected chi connectivity index (χ2v) is 5.62. The quantitative estimate of drug-likeness (QED) is 0.450. The first kappa shape index (κ1) is 9.44. The van der Waals surface area contributed by atoms with Crippen LogP contribution in [-0.4, -0.2) is 48.2 Å². The number of aliphatic hydroxyl groups is 1. The van der Waals surface area contributed by atoms with Gasteiger partial charge >= 0.3 is 64.2 Å². The second kappa shape index (κ2) is 3.02. The number of carboxylic acids is 2. The van der Waals surface area contributed by atoms with E-state index in [1.165, 1.54) is 0 Å². The summed E-state index contributed by atoms with van der Waals surface area (Å²) in [5, 5.41) is 25.2. The van der Waals surface area contributed by atoms with Crippen LogP contribution in [0.2, 0.25) is 0 Å². The third-order valence-corrected chi connectivity index (χ3v) is 2.60. The summed E-state index contributed by atoms with van der Waals surface area (Å²) in [6, 6.07) is 0. The van der Waals surface area contributed by atoms with Gasteiger partial charge in [-0.1, -0.05) is 0 Å². The van der Waals surface area contributed by atoms with E-state index in [2.05, 4.69) is 0 Å². The third kappa shape index (κ3) is 2.83. The van der Waals surface area contributed by atoms with E-state index in [9.17, 15) is 9.59 Å². The molecule has 0 radical (unpaired) electrons. The summed E-state index contributed by atoms with van der Waals surface area (Å²) in [5.41, 5.74) is 0. The van der Waals surface area contributed by atoms with Gasteiger partial charge in [-0.15, -0.1) is 0 Å². The molecule has 10 heavy (non-hydrogen) atoms. The van der Waals surface area contributed by atoms with E-state index >= 15 is 0 Å². The van der Waals surface area contributed by atoms with Crippen molar-refractivity contribution in [2.75, 3.05) is 0 Å². The number of carboxylic acid groups (broad SMARTS) is 2. The SMILES string of the molecule is O=C(O)C[C@](O)([GeH3])C(=O)O. The van der Waals surface area contributed by atoms with Crippen molar-refractivity contribution in [3.8, 4) is 0 Å². The van der Waals surface area contributed by atoms with Crippen LogP contribution in [0.3, 0.4) is 0 Å². The Morgan fingerprint density at radius 2 is 1.80 bits per heavy atom. The molecule has 58 valence electrons. The molecule has 6 heteroatoms. The number of hydrogen-bond acceptors (Lipinski definition) is 3. The minimum absolute atomic E-state index is 0.454. The van der Waals surface area contributed by atoms with E-state index < -0.39 is 39.3 Å². The van der Waals surface area contributed by atoms with E-state index in [0.29, 0.717) is 0 Å². The molecule has 0 unspecified atom stereocenters. The number of aliphatic carboxylic acids is 2. The predicted molar refractivity (Wildman–Crippen MR) is 34.8 cm³/mol. The molecule has 0 rings (SSSR count). The Kier molecular flexibility index (Phi) is 2.85. The van der Waals surface area contributed by atoms with Crippen LogP contribution in [0.1, 0.15) is 6.42 Å². The van der Waals surface area contributed by atoms with Crippen molar-refractivity contribution in [1.82, 2.24) is 0 Å². The molecule has 0 aromatic carbocycles. The van der Waals surface area contributed by atoms with Crippen LogP contribution < -0.4 is 0 Å². The average Bonchev–Trinajstić information content (AvgIpc) is 1.60. The predicted octanol–water partition coefficient (Wildman–Crippen LogP) is -2.40. The maximum atomic E-state index is 10.1. The van der Waals surface area contributed by atoms with Crippen LogP contribution in [0, 0.1) is 0 Å². The first-order valence-electron chi connectivity index (χ1n) is 2.54. The summed E-state index contributed by atoms with van der Waals surface area (Å²) in [7, 11) is 0. The molecule has 5 nitrogen and oxygen atoms in total. The van der Waals surface area contributed by atoms with E-state index in [1.807, 2.05) is 0 Å². The Hall–Kier alpha value is -0.557. The van der Waals surface area contributed by atoms with E-state index in [-0.39, 0.29) is 0 Å². The van der Waals surface area contributed by atoms with E-state index in [4.69, 9.17) is 15.3 Å². The van der Waals surface area contributed by atoms with Gasteiger partial charge in [0.05, 0.1) is 0 Å². The van der Waals surface area contributed by atoms with Crippen LogP contribution in [0.25, 0.3) is 0 Å². The zero-order chi connectivity index (χ0) is 8.36. The molecule has 0 bridgehead atoms. The summed E-state index contributed by atoms with van der Waals surface area (Å²) in [6.07, 6.45) is -0.706. The van der Waals surface area contributed by atoms with Gasteiger partial charge < -0.3 is 0 Å². The zero-order valence-corrected chi connectivity index (χ0v) is 9.56. The zero-order valence-electron chi connectivity index (χ0n) is 5.37. The first-order chi connectivity index (χ1) is 4.36. The van der Waals surface area contributed by atoms with Gasteiger partial charge in [-0.25, -0.2) is 0 Å². The third-order valence-electron chi connectivity index (χ3n) is 0.956. The number of hydrogen-bond donors (Lipinski definition) is 3. The van der Waals surface area contributed by atoms with Crippen molar-refractivity contribution in [1.29, 1.82) is 0 Å². The number of carbonyl (C=O) groups is 2. The summed E-state index contributed by atoms with van der Waals surface area (Å²) in [5.74, 6) is -2.74. The molecule has 1 atom stereocenters. The monoisotopic (exact) mass is 210 g/mol. The van der Waals surface area contributed by atoms with Crippen molar-refractivity contribution in [3.05, 3.63) is 0 Å². The molecule has 0 spiro atoms. The summed E-state index contributed by atoms with van der Waals surface area (Å²) in [6.45, 7) is 0. The Balaban J connectivity index is 4.13. The second-order valence-electron chi connectivity index (χ2n) is 2.15. The molecule has 0 fully saturated rings. The van der Waals surface area contributed by atoms with Gasteiger partial charge in [-0.05, 0) is 0 Å². The summed E-state index contributed by atoms with van der Waals surface area (Å²) in [4.78, 5) is 20.0. The van der Waals surface area contributed by atoms with Gasteiger partial charge in [-0.2, -0.15) is 0 Å². The molecular formula is C4H8GeO5. The Labute approximate surface area is 64.9 Å². The first-order valence-corrected chi connectivity index (χ1v) is 4.63. The Morgan fingerprint density at radius 1 is 1.40 bits per heavy atom. The Morgan fingerprint density at radius 3 is 1.90 bits per heavy atom. The van der Waals surface area contributed by atoms with E-state index in [1.54, 1.807) is 0 Å². The van der Waals surface area contributed by atoms with Crippen LogP contribution in [0.5, 0.6) is 0 Å². The van der Waals surface area contributed by atoms with Crippen molar-refractivity contribution in [2.24, 2.45) is 0 Å². The van der Waals surface area contributed by atoms with Crippen molar-refractivity contribution < 1.29 is 24.9 Å². The summed E-state index contributed by atoms with van der Waals surface area (Å²) >= 11 is -0.454. The number of rotatable bonds is 3. The fourth-order valence-corrected chi connectivity index (χ4v) is 1.00. The molecule has 0 saturated heterocycles. The molecular weight excluding hydrogens is 201 g/mol. The molecule has 0 aromatic heterocycles. The van der Waals surface area contributed by atoms with Gasteiger partial charge in [-0.3, -0.25) is 0 Å². The molecule has 0 saturated carbocycles. The fourth-order valence-electron chi connectivity index (χ4n) is 0.370. The van der Waals surface area contributed by atoms with Gasteiger partial charge in [0.15, 0.2) is 0 Å². The van der Waals surface area contributed by atoms with Crippen molar-refractivity contribution in [3.63, 3.8) is 0 Å². The van der Waals surface area contributed by atoms with Crippen molar-refractivity contribution in [2.45, 2.75) is 10.9 Å². The topological polar surface area (TPSA) is 94.8 Å². The Bertz CT molecular complexity index is 163. The molecule has 0 heterocycles. The molecule has 3 N–H and O–H groups in total. The molecule has 0 aliphatic carbocycles. The molecule has 0 aliphatic rings. The average molecular weight is 209 g/mol. The molecule has 0 aliphatic heterocycles. The van der Waals surface area contributed by atoms with Crippen LogP contribution in [0.15, 0.2) is 0 Å². The maximum absolute atomic E-state index is 10.1. The van der Waals surface area contributed by atoms with Crippen LogP contribution in [-0.2, 0) is 9.59 Å². The van der Waals surface area contributed by atoms with Gasteiger partial charge in [0.1, 0.15) is 0 Å². The van der Waals surface area contributed by atoms with Crippen LogP contribution in [0.4, 0.5) is 0 Å². The minimum atomic E-state index is -1.97.